The molecule has 2 aromatic heterocycles. The van der Waals surface area contributed by atoms with Crippen molar-refractivity contribution in [1.29, 1.82) is 0 Å². The summed E-state index contributed by atoms with van der Waals surface area (Å²) in [6.07, 6.45) is -8.88. The topological polar surface area (TPSA) is 79.8 Å². The van der Waals surface area contributed by atoms with Gasteiger partial charge in [-0.05, 0) is 48.0 Å². The number of fused-ring (bicyclic) bond motifs is 2. The Morgan fingerprint density at radius 1 is 0.826 bits per heavy atom. The number of nitrogens with zero attached hydrogens (tertiary/aromatic N) is 3. The fourth-order valence-corrected chi connectivity index (χ4v) is 5.85. The lowest BCUT2D eigenvalue weighted by Crippen LogP contribution is -2.46. The number of aromatic amines is 1. The van der Waals surface area contributed by atoms with Gasteiger partial charge >= 0.3 is 24.3 Å². The number of rotatable bonds is 6. The van der Waals surface area contributed by atoms with Crippen LogP contribution in [0.1, 0.15) is 5.69 Å². The normalized spacial score (nSPS) is 14.6. The van der Waals surface area contributed by atoms with Crippen LogP contribution in [0.4, 0.5) is 32.0 Å². The number of esters is 1. The highest BCUT2D eigenvalue weighted by Crippen LogP contribution is 2.42. The fraction of sp³-hybridized carbons (Fsp3) is 0.226. The molecular weight excluding hydrogens is 686 g/mol. The van der Waals surface area contributed by atoms with Crippen molar-refractivity contribution in [2.24, 2.45) is 0 Å². The van der Waals surface area contributed by atoms with Crippen molar-refractivity contribution in [3.63, 3.8) is 0 Å². The molecule has 8 nitrogen and oxygen atoms in total. The zero-order chi connectivity index (χ0) is 32.8. The molecule has 46 heavy (non-hydrogen) atoms. The smallest absolute Gasteiger partial charge is 0.419 e. The molecule has 240 valence electrons. The van der Waals surface area contributed by atoms with Gasteiger partial charge in [0.2, 0.25) is 0 Å². The van der Waals surface area contributed by atoms with Gasteiger partial charge in [0.25, 0.3) is 0 Å². The van der Waals surface area contributed by atoms with Crippen LogP contribution in [0.2, 0.25) is 0 Å². The molecule has 5 aromatic rings. The minimum atomic E-state index is -5.38. The predicted molar refractivity (Wildman–Crippen MR) is 160 cm³/mol. The van der Waals surface area contributed by atoms with Crippen molar-refractivity contribution in [1.82, 2.24) is 14.6 Å². The van der Waals surface area contributed by atoms with E-state index in [2.05, 4.69) is 25.8 Å². The highest BCUT2D eigenvalue weighted by atomic mass is 79.9. The summed E-state index contributed by atoms with van der Waals surface area (Å²) in [5.74, 6) is -5.61. The molecule has 0 spiro atoms. The minimum absolute atomic E-state index is 0.0478. The Morgan fingerprint density at radius 3 is 2.17 bits per heavy atom. The van der Waals surface area contributed by atoms with E-state index in [4.69, 9.17) is 9.57 Å². The highest BCUT2D eigenvalue weighted by molar-refractivity contribution is 9.10. The van der Waals surface area contributed by atoms with Crippen molar-refractivity contribution >= 4 is 55.4 Å². The summed E-state index contributed by atoms with van der Waals surface area (Å²) in [5.41, 5.74) is 2.35. The third-order valence-electron chi connectivity index (χ3n) is 7.64. The van der Waals surface area contributed by atoms with Crippen LogP contribution in [0, 0.1) is 0 Å². The van der Waals surface area contributed by atoms with Crippen LogP contribution in [0.5, 0.6) is 5.75 Å². The third-order valence-corrected chi connectivity index (χ3v) is 8.17. The van der Waals surface area contributed by atoms with Gasteiger partial charge < -0.3 is 19.5 Å². The van der Waals surface area contributed by atoms with E-state index in [9.17, 15) is 35.9 Å². The maximum atomic E-state index is 13.5. The zero-order valence-electron chi connectivity index (χ0n) is 23.6. The quantitative estimate of drug-likeness (QED) is 0.118. The van der Waals surface area contributed by atoms with E-state index in [0.717, 1.165) is 22.7 Å². The monoisotopic (exact) mass is 708 g/mol. The van der Waals surface area contributed by atoms with E-state index >= 15 is 0 Å². The number of piperazine rings is 1. The van der Waals surface area contributed by atoms with Crippen LogP contribution >= 0.6 is 15.9 Å². The number of ether oxygens (including phenoxy) is 1. The molecule has 0 amide bonds. The minimum Gasteiger partial charge on any atom is -0.419 e. The van der Waals surface area contributed by atoms with E-state index in [-0.39, 0.29) is 28.7 Å². The van der Waals surface area contributed by atoms with E-state index in [0.29, 0.717) is 40.9 Å². The summed E-state index contributed by atoms with van der Waals surface area (Å²) in [6.45, 7) is 1.94. The SMILES string of the molecule is O=C(Oc1cccc2c1c(-c1ccc(Br)cc1)c(CN1CCN(c3cccc4[nH]ccc34)CC1)n2OC(=O)C(F)(F)F)C(F)(F)F. The Morgan fingerprint density at radius 2 is 1.50 bits per heavy atom. The number of anilines is 1. The molecule has 0 unspecified atom stereocenters. The lowest BCUT2D eigenvalue weighted by molar-refractivity contribution is -0.199. The second kappa shape index (κ2) is 12.0. The first-order chi connectivity index (χ1) is 21.8. The average molecular weight is 709 g/mol. The third kappa shape index (κ3) is 6.16. The molecule has 6 rings (SSSR count). The van der Waals surface area contributed by atoms with E-state index in [1.165, 1.54) is 12.1 Å². The molecular formula is C31H23BrF6N4O4. The fourth-order valence-electron chi connectivity index (χ4n) is 5.59. The number of carbonyl (C=O) groups excluding carboxylic acids is 2. The standard InChI is InChI=1S/C31H23BrF6N4O4/c32-19-9-7-18(8-10-19)26-24(17-40-13-15-41(16-14-40)22-4-1-3-21-20(22)11-12-39-21)42(46-29(44)31(36,37)38)23-5-2-6-25(27(23)26)45-28(43)30(33,34)35/h1-12,39H,13-17H2. The molecule has 1 fully saturated rings. The van der Waals surface area contributed by atoms with Gasteiger partial charge in [0.15, 0.2) is 0 Å². The summed E-state index contributed by atoms with van der Waals surface area (Å²) >= 11 is 3.32. The maximum Gasteiger partial charge on any atom is 0.493 e. The lowest BCUT2D eigenvalue weighted by atomic mass is 10.0. The van der Waals surface area contributed by atoms with Gasteiger partial charge in [-0.25, -0.2) is 9.59 Å². The molecule has 3 heterocycles. The summed E-state index contributed by atoms with van der Waals surface area (Å²) in [6, 6.07) is 17.9. The van der Waals surface area contributed by atoms with Crippen LogP contribution in [0.25, 0.3) is 32.9 Å². The highest BCUT2D eigenvalue weighted by Gasteiger charge is 2.44. The first-order valence-electron chi connectivity index (χ1n) is 13.9. The van der Waals surface area contributed by atoms with Crippen LogP contribution < -0.4 is 14.5 Å². The predicted octanol–water partition coefficient (Wildman–Crippen LogP) is 6.86. The Labute approximate surface area is 265 Å². The van der Waals surface area contributed by atoms with E-state index < -0.39 is 30.0 Å². The molecule has 1 aliphatic rings. The second-order valence-electron chi connectivity index (χ2n) is 10.5. The van der Waals surface area contributed by atoms with Crippen molar-refractivity contribution < 1.29 is 45.5 Å². The Bertz CT molecular complexity index is 1930. The number of hydrogen-bond acceptors (Lipinski definition) is 6. The summed E-state index contributed by atoms with van der Waals surface area (Å²) in [4.78, 5) is 36.2. The molecule has 0 radical (unpaired) electrons. The van der Waals surface area contributed by atoms with Crippen molar-refractivity contribution in [2.75, 3.05) is 31.1 Å². The van der Waals surface area contributed by atoms with Crippen LogP contribution in [0.15, 0.2) is 77.4 Å². The van der Waals surface area contributed by atoms with Crippen LogP contribution in [-0.2, 0) is 16.1 Å². The van der Waals surface area contributed by atoms with E-state index in [1.807, 2.05) is 35.4 Å². The second-order valence-corrected chi connectivity index (χ2v) is 11.4. The number of alkyl halides is 6. The molecule has 0 saturated carbocycles. The first kappa shape index (κ1) is 31.5. The van der Waals surface area contributed by atoms with Gasteiger partial charge in [0.1, 0.15) is 5.75 Å². The number of carbonyl (C=O) groups is 2. The maximum absolute atomic E-state index is 13.5. The molecule has 0 bridgehead atoms. The van der Waals surface area contributed by atoms with Gasteiger partial charge in [-0.3, -0.25) is 4.90 Å². The molecule has 1 aliphatic heterocycles. The van der Waals surface area contributed by atoms with Crippen molar-refractivity contribution in [3.05, 3.63) is 83.1 Å². The molecule has 15 heteroatoms. The van der Waals surface area contributed by atoms with Gasteiger partial charge in [-0.15, -0.1) is 0 Å². The summed E-state index contributed by atoms with van der Waals surface area (Å²) in [5, 5.41) is 0.902. The van der Waals surface area contributed by atoms with Gasteiger partial charge in [-0.2, -0.15) is 31.1 Å². The van der Waals surface area contributed by atoms with Crippen LogP contribution in [0.3, 0.4) is 0 Å². The number of halogens is 7. The first-order valence-corrected chi connectivity index (χ1v) is 14.6. The van der Waals surface area contributed by atoms with Gasteiger partial charge in [-0.1, -0.05) is 40.2 Å². The molecule has 0 atom stereocenters. The summed E-state index contributed by atoms with van der Waals surface area (Å²) in [7, 11) is 0. The molecule has 1 N–H and O–H groups in total. The summed E-state index contributed by atoms with van der Waals surface area (Å²) < 4.78 is 86.1. The zero-order valence-corrected chi connectivity index (χ0v) is 25.2. The Kier molecular flexibility index (Phi) is 8.23. The number of benzene rings is 3. The van der Waals surface area contributed by atoms with Gasteiger partial charge in [0, 0.05) is 65.5 Å². The Hall–Kier alpha value is -4.50. The van der Waals surface area contributed by atoms with Crippen molar-refractivity contribution in [2.45, 2.75) is 18.9 Å². The average Bonchev–Trinajstić information content (AvgIpc) is 3.61. The number of hydrogen-bond donors (Lipinski definition) is 1. The van der Waals surface area contributed by atoms with E-state index in [1.54, 1.807) is 24.3 Å². The Balaban J connectivity index is 1.44. The molecule has 1 saturated heterocycles. The lowest BCUT2D eigenvalue weighted by Gasteiger charge is -2.36. The molecule has 3 aromatic carbocycles. The van der Waals surface area contributed by atoms with Crippen molar-refractivity contribution in [3.8, 4) is 16.9 Å². The van der Waals surface area contributed by atoms with Gasteiger partial charge in [0.05, 0.1) is 16.6 Å². The largest absolute Gasteiger partial charge is 0.493 e. The van der Waals surface area contributed by atoms with Crippen LogP contribution in [-0.4, -0.2) is 65.1 Å². The number of H-pyrrole nitrogens is 1. The number of aromatic nitrogens is 2. The number of nitrogens with one attached hydrogen (secondary N) is 1. The molecule has 0 aliphatic carbocycles.